The van der Waals surface area contributed by atoms with E-state index in [1.54, 1.807) is 10.6 Å². The van der Waals surface area contributed by atoms with Crippen LogP contribution in [0.1, 0.15) is 6.42 Å². The molecular weight excluding hydrogens is 218 g/mol. The first kappa shape index (κ1) is 10.2. The predicted molar refractivity (Wildman–Crippen MR) is 55.9 cm³/mol. The highest BCUT2D eigenvalue weighted by molar-refractivity contribution is 6.31. The molecule has 0 unspecified atom stereocenters. The molecule has 0 aromatic carbocycles. The summed E-state index contributed by atoms with van der Waals surface area (Å²) in [6.45, 7) is 0.550. The summed E-state index contributed by atoms with van der Waals surface area (Å²) in [4.78, 5) is 7.86. The summed E-state index contributed by atoms with van der Waals surface area (Å²) in [5, 5.41) is 18.8. The fourth-order valence-corrected chi connectivity index (χ4v) is 1.57. The highest BCUT2D eigenvalue weighted by atomic mass is 35.5. The fraction of sp³-hybridized carbons (Fsp3) is 0.333. The summed E-state index contributed by atoms with van der Waals surface area (Å²) in [5.74, 6) is 0. The Morgan fingerprint density at radius 2 is 2.27 bits per heavy atom. The van der Waals surface area contributed by atoms with Gasteiger partial charge in [0.05, 0.1) is 10.5 Å². The number of imidazole rings is 1. The van der Waals surface area contributed by atoms with Crippen molar-refractivity contribution in [2.24, 2.45) is 0 Å². The van der Waals surface area contributed by atoms with E-state index in [0.717, 1.165) is 0 Å². The van der Waals surface area contributed by atoms with E-state index in [0.29, 0.717) is 29.2 Å². The average Bonchev–Trinajstić information content (AvgIpc) is 2.51. The van der Waals surface area contributed by atoms with Crippen molar-refractivity contribution < 1.29 is 10.2 Å². The molecule has 2 N–H and O–H groups in total. The van der Waals surface area contributed by atoms with Crippen LogP contribution in [0.3, 0.4) is 0 Å². The summed E-state index contributed by atoms with van der Waals surface area (Å²) in [7, 11) is 0. The van der Waals surface area contributed by atoms with Gasteiger partial charge in [-0.15, -0.1) is 0 Å². The third kappa shape index (κ3) is 1.88. The molecule has 0 aliphatic carbocycles. The molecule has 2 rings (SSSR count). The molecule has 0 saturated carbocycles. The van der Waals surface area contributed by atoms with E-state index in [1.807, 2.05) is 0 Å². The Morgan fingerprint density at radius 3 is 3.00 bits per heavy atom. The van der Waals surface area contributed by atoms with Crippen molar-refractivity contribution >= 4 is 22.8 Å². The molecule has 0 atom stereocenters. The molecule has 0 fully saturated rings. The molecule has 0 spiro atoms. The third-order valence-corrected chi connectivity index (χ3v) is 2.30. The number of fused-ring (bicyclic) bond motifs is 1. The third-order valence-electron chi connectivity index (χ3n) is 2.09. The Labute approximate surface area is 91.0 Å². The molecule has 0 aliphatic rings. The quantitative estimate of drug-likeness (QED) is 0.826. The number of aryl methyl sites for hydroxylation is 1. The maximum Gasteiger partial charge on any atom is 0.296 e. The number of aromatic hydroxyl groups is 1. The second-order valence-electron chi connectivity index (χ2n) is 3.14. The van der Waals surface area contributed by atoms with Crippen molar-refractivity contribution in [2.75, 3.05) is 6.61 Å². The number of rotatable bonds is 3. The molecule has 6 heteroatoms. The summed E-state index contributed by atoms with van der Waals surface area (Å²) in [6.07, 6.45) is 2.03. The number of pyridine rings is 1. The van der Waals surface area contributed by atoms with E-state index in [1.165, 1.54) is 6.20 Å². The molecule has 2 aromatic heterocycles. The van der Waals surface area contributed by atoms with E-state index in [-0.39, 0.29) is 12.6 Å². The lowest BCUT2D eigenvalue weighted by Crippen LogP contribution is -1.99. The first-order valence-corrected chi connectivity index (χ1v) is 4.92. The molecule has 0 amide bonds. The topological polar surface area (TPSA) is 71.2 Å². The lowest BCUT2D eigenvalue weighted by atomic mass is 10.4. The number of hydrogen-bond donors (Lipinski definition) is 2. The maximum absolute atomic E-state index is 9.54. The highest BCUT2D eigenvalue weighted by Crippen LogP contribution is 2.21. The van der Waals surface area contributed by atoms with Gasteiger partial charge in [-0.1, -0.05) is 11.6 Å². The normalized spacial score (nSPS) is 11.1. The van der Waals surface area contributed by atoms with Crippen molar-refractivity contribution in [1.29, 1.82) is 0 Å². The van der Waals surface area contributed by atoms with Gasteiger partial charge in [-0.05, 0) is 12.5 Å². The van der Waals surface area contributed by atoms with Crippen LogP contribution < -0.4 is 0 Å². The van der Waals surface area contributed by atoms with E-state index >= 15 is 0 Å². The van der Waals surface area contributed by atoms with Crippen LogP contribution in [-0.4, -0.2) is 31.4 Å². The first-order valence-electron chi connectivity index (χ1n) is 4.54. The van der Waals surface area contributed by atoms with Crippen LogP contribution in [0.5, 0.6) is 6.01 Å². The summed E-state index contributed by atoms with van der Waals surface area (Å²) in [5.41, 5.74) is 1.13. The molecule has 5 nitrogen and oxygen atoms in total. The van der Waals surface area contributed by atoms with E-state index in [4.69, 9.17) is 16.7 Å². The minimum absolute atomic E-state index is 0.0626. The standard InChI is InChI=1S/C9H10ClN3O2/c10-6-4-7-8(11-5-6)12-9(15)13(7)2-1-3-14/h4-5,14H,1-3H2,(H,11,12,15). The molecule has 0 bridgehead atoms. The number of nitrogens with zero attached hydrogens (tertiary/aromatic N) is 3. The summed E-state index contributed by atoms with van der Waals surface area (Å²) < 4.78 is 1.57. The second kappa shape index (κ2) is 4.04. The number of aromatic nitrogens is 3. The van der Waals surface area contributed by atoms with Gasteiger partial charge >= 0.3 is 0 Å². The van der Waals surface area contributed by atoms with E-state index < -0.39 is 0 Å². The Morgan fingerprint density at radius 1 is 1.47 bits per heavy atom. The first-order chi connectivity index (χ1) is 7.22. The van der Waals surface area contributed by atoms with Gasteiger partial charge < -0.3 is 10.2 Å². The van der Waals surface area contributed by atoms with Crippen molar-refractivity contribution in [3.05, 3.63) is 17.3 Å². The fourth-order valence-electron chi connectivity index (χ4n) is 1.42. The van der Waals surface area contributed by atoms with Gasteiger partial charge in [0.1, 0.15) is 0 Å². The Hall–Kier alpha value is -1.33. The Balaban J connectivity index is 2.50. The van der Waals surface area contributed by atoms with Gasteiger partial charge in [0.2, 0.25) is 0 Å². The van der Waals surface area contributed by atoms with Crippen molar-refractivity contribution in [3.8, 4) is 6.01 Å². The van der Waals surface area contributed by atoms with E-state index in [2.05, 4.69) is 9.97 Å². The Bertz CT molecular complexity index is 483. The van der Waals surface area contributed by atoms with E-state index in [9.17, 15) is 5.11 Å². The van der Waals surface area contributed by atoms with Crippen LogP contribution >= 0.6 is 11.6 Å². The van der Waals surface area contributed by atoms with Crippen molar-refractivity contribution in [3.63, 3.8) is 0 Å². The average molecular weight is 228 g/mol. The van der Waals surface area contributed by atoms with Crippen LogP contribution in [0.25, 0.3) is 11.2 Å². The minimum Gasteiger partial charge on any atom is -0.480 e. The second-order valence-corrected chi connectivity index (χ2v) is 3.57. The van der Waals surface area contributed by atoms with Gasteiger partial charge in [-0.3, -0.25) is 4.57 Å². The molecule has 0 radical (unpaired) electrons. The largest absolute Gasteiger partial charge is 0.480 e. The van der Waals surface area contributed by atoms with Crippen LogP contribution in [0, 0.1) is 0 Å². The van der Waals surface area contributed by atoms with Crippen LogP contribution in [0.4, 0.5) is 0 Å². The Kier molecular flexibility index (Phi) is 2.75. The zero-order chi connectivity index (χ0) is 10.8. The number of hydrogen-bond acceptors (Lipinski definition) is 4. The zero-order valence-electron chi connectivity index (χ0n) is 7.89. The van der Waals surface area contributed by atoms with Gasteiger partial charge in [0, 0.05) is 19.3 Å². The highest BCUT2D eigenvalue weighted by Gasteiger charge is 2.10. The maximum atomic E-state index is 9.54. The number of aliphatic hydroxyl groups is 1. The number of aliphatic hydroxyl groups excluding tert-OH is 1. The van der Waals surface area contributed by atoms with Crippen LogP contribution in [0.15, 0.2) is 12.3 Å². The lowest BCUT2D eigenvalue weighted by molar-refractivity contribution is 0.276. The molecule has 15 heavy (non-hydrogen) atoms. The smallest absolute Gasteiger partial charge is 0.296 e. The van der Waals surface area contributed by atoms with Gasteiger partial charge in [-0.25, -0.2) is 4.98 Å². The molecule has 0 saturated heterocycles. The zero-order valence-corrected chi connectivity index (χ0v) is 8.65. The predicted octanol–water partition coefficient (Wildman–Crippen LogP) is 1.17. The van der Waals surface area contributed by atoms with Crippen LogP contribution in [0.2, 0.25) is 5.02 Å². The molecule has 0 aliphatic heterocycles. The monoisotopic (exact) mass is 227 g/mol. The minimum atomic E-state index is -0.104. The molecular formula is C9H10ClN3O2. The number of halogens is 1. The summed E-state index contributed by atoms with van der Waals surface area (Å²) >= 11 is 5.80. The molecule has 2 aromatic rings. The van der Waals surface area contributed by atoms with Gasteiger partial charge in [0.15, 0.2) is 5.65 Å². The van der Waals surface area contributed by atoms with Gasteiger partial charge in [0.25, 0.3) is 6.01 Å². The molecule has 2 heterocycles. The van der Waals surface area contributed by atoms with Gasteiger partial charge in [-0.2, -0.15) is 4.98 Å². The van der Waals surface area contributed by atoms with Crippen LogP contribution in [-0.2, 0) is 6.54 Å². The van der Waals surface area contributed by atoms with Crippen molar-refractivity contribution in [1.82, 2.24) is 14.5 Å². The lowest BCUT2D eigenvalue weighted by Gasteiger charge is -2.03. The molecule has 80 valence electrons. The van der Waals surface area contributed by atoms with Crippen molar-refractivity contribution in [2.45, 2.75) is 13.0 Å². The summed E-state index contributed by atoms with van der Waals surface area (Å²) in [6, 6.07) is 1.58. The SMILES string of the molecule is OCCCn1c(O)nc2ncc(Cl)cc21.